The van der Waals surface area contributed by atoms with Gasteiger partial charge in [0, 0.05) is 12.3 Å². The number of aliphatic carboxylic acids is 1. The van der Waals surface area contributed by atoms with Crippen LogP contribution in [0.4, 0.5) is 0 Å². The molecule has 0 spiro atoms. The van der Waals surface area contributed by atoms with Crippen molar-refractivity contribution in [3.8, 4) is 0 Å². The summed E-state index contributed by atoms with van der Waals surface area (Å²) in [4.78, 5) is 24.1. The third kappa shape index (κ3) is 5.27. The first-order chi connectivity index (χ1) is 23.6. The zero-order valence-corrected chi connectivity index (χ0v) is 31.0. The Labute approximate surface area is 300 Å². The molecule has 13 nitrogen and oxygen atoms in total. The average molecular weight is 725 g/mol. The summed E-state index contributed by atoms with van der Waals surface area (Å²) in [6, 6.07) is 0. The molecular formula is C38H60O13. The molecule has 1 aliphatic heterocycles. The van der Waals surface area contributed by atoms with Crippen LogP contribution in [0.1, 0.15) is 93.4 Å². The highest BCUT2D eigenvalue weighted by Crippen LogP contribution is 2.76. The van der Waals surface area contributed by atoms with E-state index in [2.05, 4.69) is 26.8 Å². The number of carboxylic acids is 1. The highest BCUT2D eigenvalue weighted by Gasteiger charge is 2.73. The smallest absolute Gasteiger partial charge is 0.335 e. The van der Waals surface area contributed by atoms with E-state index in [0.717, 1.165) is 12.0 Å². The molecule has 0 bridgehead atoms. The first-order valence-electron chi connectivity index (χ1n) is 18.6. The van der Waals surface area contributed by atoms with Crippen LogP contribution >= 0.6 is 0 Å². The molecule has 5 fully saturated rings. The molecule has 5 aliphatic carbocycles. The number of allylic oxidation sites excluding steroid dienone is 2. The number of aliphatic hydroxyl groups excluding tert-OH is 7. The Kier molecular flexibility index (Phi) is 9.71. The van der Waals surface area contributed by atoms with Gasteiger partial charge in [0.2, 0.25) is 0 Å². The van der Waals surface area contributed by atoms with Gasteiger partial charge < -0.3 is 55.1 Å². The van der Waals surface area contributed by atoms with Gasteiger partial charge in [-0.25, -0.2) is 4.79 Å². The van der Waals surface area contributed by atoms with Gasteiger partial charge in [0.1, 0.15) is 24.4 Å². The fraction of sp³-hybridized carbons (Fsp3) is 0.895. The molecular weight excluding hydrogens is 664 g/mol. The van der Waals surface area contributed by atoms with Crippen molar-refractivity contribution in [1.82, 2.24) is 0 Å². The molecule has 0 aromatic heterocycles. The van der Waals surface area contributed by atoms with Crippen molar-refractivity contribution in [3.05, 3.63) is 11.6 Å². The average Bonchev–Trinajstić information content (AvgIpc) is 3.04. The zero-order chi connectivity index (χ0) is 37.9. The Balaban J connectivity index is 1.35. The van der Waals surface area contributed by atoms with Crippen LogP contribution in [0.3, 0.4) is 0 Å². The highest BCUT2D eigenvalue weighted by atomic mass is 16.7. The van der Waals surface area contributed by atoms with Crippen molar-refractivity contribution >= 4 is 11.9 Å². The Hall–Kier alpha value is -1.68. The number of fused-ring (bicyclic) bond motifs is 7. The minimum absolute atomic E-state index is 0.0564. The van der Waals surface area contributed by atoms with Crippen LogP contribution in [0.5, 0.6) is 0 Å². The number of carbonyl (C=O) groups excluding carboxylic acids is 1. The number of ether oxygens (including phenoxy) is 3. The number of hydrogen-bond donors (Lipinski definition) is 8. The minimum Gasteiger partial charge on any atom is -0.479 e. The molecule has 0 radical (unpaired) electrons. The van der Waals surface area contributed by atoms with Gasteiger partial charge in [0.05, 0.1) is 36.9 Å². The van der Waals surface area contributed by atoms with Crippen molar-refractivity contribution in [1.29, 1.82) is 0 Å². The summed E-state index contributed by atoms with van der Waals surface area (Å²) in [5.74, 6) is -2.36. The van der Waals surface area contributed by atoms with E-state index in [-0.39, 0.29) is 35.2 Å². The maximum absolute atomic E-state index is 12.4. The summed E-state index contributed by atoms with van der Waals surface area (Å²) in [5, 5.41) is 86.8. The van der Waals surface area contributed by atoms with Crippen molar-refractivity contribution in [2.45, 2.75) is 149 Å². The van der Waals surface area contributed by atoms with E-state index in [0.29, 0.717) is 38.5 Å². The zero-order valence-electron chi connectivity index (χ0n) is 31.0. The van der Waals surface area contributed by atoms with Crippen LogP contribution in [0, 0.1) is 50.2 Å². The lowest BCUT2D eigenvalue weighted by molar-refractivity contribution is -0.328. The fourth-order valence-corrected chi connectivity index (χ4v) is 12.8. The second-order valence-electron chi connectivity index (χ2n) is 18.6. The highest BCUT2D eigenvalue weighted by molar-refractivity contribution is 5.73. The number of esters is 1. The lowest BCUT2D eigenvalue weighted by Gasteiger charge is -2.72. The molecule has 0 aromatic rings. The molecule has 1 saturated heterocycles. The van der Waals surface area contributed by atoms with Crippen molar-refractivity contribution in [3.63, 3.8) is 0 Å². The van der Waals surface area contributed by atoms with Gasteiger partial charge in [-0.3, -0.25) is 4.79 Å². The molecule has 51 heavy (non-hydrogen) atoms. The Bertz CT molecular complexity index is 1420. The lowest BCUT2D eigenvalue weighted by atomic mass is 9.33. The van der Waals surface area contributed by atoms with E-state index in [4.69, 9.17) is 14.2 Å². The topological polar surface area (TPSA) is 224 Å². The van der Waals surface area contributed by atoms with Crippen molar-refractivity contribution in [2.75, 3.05) is 13.2 Å². The first kappa shape index (κ1) is 39.0. The quantitative estimate of drug-likeness (QED) is 0.111. The van der Waals surface area contributed by atoms with Gasteiger partial charge in [-0.2, -0.15) is 0 Å². The van der Waals surface area contributed by atoms with Crippen molar-refractivity contribution in [2.24, 2.45) is 50.2 Å². The standard InChI is InChI=1S/C38H60O13/c1-18(41)49-30-29(46)33(2,3)14-20-19-8-9-22-34(4)12-11-24(50-32-27(45)25(43)26(44)28(51-32)31(47)48)35(5,16-39)21(34)10-13-36(22,6)37(19,7)15-23(42)38(20,30)17-40/h8,20-30,32,39-40,42-46H,9-17H2,1-7H3,(H,47,48). The van der Waals surface area contributed by atoms with Gasteiger partial charge in [-0.15, -0.1) is 0 Å². The van der Waals surface area contributed by atoms with E-state index in [9.17, 15) is 50.4 Å². The Morgan fingerprint density at radius 3 is 2.14 bits per heavy atom. The summed E-state index contributed by atoms with van der Waals surface area (Å²) in [6.07, 6.45) is -6.11. The van der Waals surface area contributed by atoms with E-state index >= 15 is 0 Å². The lowest BCUT2D eigenvalue weighted by Crippen LogP contribution is -2.72. The largest absolute Gasteiger partial charge is 0.479 e. The SMILES string of the molecule is CC(=O)OC1C(O)C(C)(C)CC2C3=CCC4C5(C)CCC(OC6OC(C(=O)O)C(O)C(O)C6O)C(C)(CO)C5CCC4(C)C3(C)CC(O)C21CO. The second kappa shape index (κ2) is 12.7. The van der Waals surface area contributed by atoms with E-state index in [1.807, 2.05) is 20.8 Å². The Morgan fingerprint density at radius 2 is 1.55 bits per heavy atom. The number of carboxylic acid groups (broad SMARTS) is 1. The number of carbonyl (C=O) groups is 2. The van der Waals surface area contributed by atoms with Crippen molar-refractivity contribution < 1.29 is 64.7 Å². The summed E-state index contributed by atoms with van der Waals surface area (Å²) in [5.41, 5.74) is -2.75. The minimum atomic E-state index is -1.84. The molecule has 6 aliphatic rings. The molecule has 17 atom stereocenters. The molecule has 0 amide bonds. The van der Waals surface area contributed by atoms with Gasteiger partial charge in [-0.05, 0) is 84.4 Å². The summed E-state index contributed by atoms with van der Waals surface area (Å²) in [7, 11) is 0. The van der Waals surface area contributed by atoms with E-state index < -0.39 is 95.3 Å². The molecule has 290 valence electrons. The number of aliphatic hydroxyl groups is 7. The summed E-state index contributed by atoms with van der Waals surface area (Å²) < 4.78 is 17.6. The molecule has 4 saturated carbocycles. The van der Waals surface area contributed by atoms with Gasteiger partial charge >= 0.3 is 11.9 Å². The van der Waals surface area contributed by atoms with Gasteiger partial charge in [0.15, 0.2) is 12.4 Å². The van der Waals surface area contributed by atoms with Crippen LogP contribution in [-0.4, -0.2) is 121 Å². The molecule has 0 aromatic carbocycles. The maximum Gasteiger partial charge on any atom is 0.335 e. The molecule has 17 unspecified atom stereocenters. The van der Waals surface area contributed by atoms with Crippen LogP contribution < -0.4 is 0 Å². The summed E-state index contributed by atoms with van der Waals surface area (Å²) in [6.45, 7) is 13.2. The van der Waals surface area contributed by atoms with Crippen LogP contribution in [-0.2, 0) is 23.8 Å². The van der Waals surface area contributed by atoms with Crippen LogP contribution in [0.15, 0.2) is 11.6 Å². The van der Waals surface area contributed by atoms with Gasteiger partial charge in [-0.1, -0.05) is 53.2 Å². The number of hydrogen-bond acceptors (Lipinski definition) is 12. The van der Waals surface area contributed by atoms with E-state index in [1.165, 1.54) is 6.92 Å². The normalized spacial score (nSPS) is 53.4. The van der Waals surface area contributed by atoms with Crippen LogP contribution in [0.2, 0.25) is 0 Å². The molecule has 6 rings (SSSR count). The maximum atomic E-state index is 12.4. The summed E-state index contributed by atoms with van der Waals surface area (Å²) >= 11 is 0. The third-order valence-electron chi connectivity index (χ3n) is 15.9. The second-order valence-corrected chi connectivity index (χ2v) is 18.6. The Morgan fingerprint density at radius 1 is 0.882 bits per heavy atom. The predicted molar refractivity (Wildman–Crippen MR) is 180 cm³/mol. The third-order valence-corrected chi connectivity index (χ3v) is 15.9. The predicted octanol–water partition coefficient (Wildman–Crippen LogP) is 1.51. The van der Waals surface area contributed by atoms with Gasteiger partial charge in [0.25, 0.3) is 0 Å². The molecule has 1 heterocycles. The molecule has 8 N–H and O–H groups in total. The first-order valence-corrected chi connectivity index (χ1v) is 18.6. The monoisotopic (exact) mass is 724 g/mol. The number of rotatable bonds is 6. The van der Waals surface area contributed by atoms with E-state index in [1.54, 1.807) is 0 Å². The van der Waals surface area contributed by atoms with Crippen LogP contribution in [0.25, 0.3) is 0 Å². The molecule has 13 heteroatoms. The fourth-order valence-electron chi connectivity index (χ4n) is 12.8.